The Hall–Kier alpha value is -0.427. The van der Waals surface area contributed by atoms with Gasteiger partial charge in [-0.1, -0.05) is 0 Å². The molecule has 0 saturated heterocycles. The van der Waals surface area contributed by atoms with Gasteiger partial charge in [-0.05, 0) is 0 Å². The molecule has 52 valence electrons. The minimum absolute atomic E-state index is 0.402. The van der Waals surface area contributed by atoms with E-state index in [4.69, 9.17) is 5.11 Å². The fraction of sp³-hybridized carbons (Fsp3) is 0. The molecule has 1 aromatic rings. The van der Waals surface area contributed by atoms with E-state index in [1.807, 2.05) is 6.07 Å². The first-order valence-electron chi connectivity index (χ1n) is 2.69. The average Bonchev–Trinajstić information content (AvgIpc) is 1.88. The van der Waals surface area contributed by atoms with Gasteiger partial charge in [0.05, 0.1) is 0 Å². The number of hydrogen-bond donors (Lipinski definition) is 1. The SMILES string of the molecule is O=C(O)c1ccccc1[211At]. The molecule has 3 heteroatoms. The van der Waals surface area contributed by atoms with Crippen molar-refractivity contribution in [3.63, 3.8) is 0 Å². The van der Waals surface area contributed by atoms with Crippen molar-refractivity contribution in [3.05, 3.63) is 29.8 Å². The van der Waals surface area contributed by atoms with Gasteiger partial charge >= 0.3 is 73.7 Å². The fourth-order valence-electron chi connectivity index (χ4n) is 0.635. The van der Waals surface area contributed by atoms with Crippen molar-refractivity contribution in [3.8, 4) is 0 Å². The van der Waals surface area contributed by atoms with Crippen LogP contribution in [0.4, 0.5) is 0 Å². The molecule has 0 saturated carbocycles. The molecule has 0 unspecified atom stereocenters. The van der Waals surface area contributed by atoms with Crippen LogP contribution in [0.15, 0.2) is 24.3 Å². The number of hydrogen-bond acceptors (Lipinski definition) is 1. The predicted molar refractivity (Wildman–Crippen MR) is 33.0 cm³/mol. The second kappa shape index (κ2) is 3.11. The number of aromatic carboxylic acids is 1. The van der Waals surface area contributed by atoms with Crippen LogP contribution in [0.5, 0.6) is 0 Å². The summed E-state index contributed by atoms with van der Waals surface area (Å²) in [6.45, 7) is 0. The van der Waals surface area contributed by atoms with Gasteiger partial charge in [0, 0.05) is 0 Å². The zero-order valence-corrected chi connectivity index (χ0v) is 7.98. The van der Waals surface area contributed by atoms with Crippen LogP contribution in [-0.2, 0) is 0 Å². The second-order valence-corrected chi connectivity index (χ2v) is 3.37. The molecule has 1 rings (SSSR count). The quantitative estimate of drug-likeness (QED) is 0.816. The third kappa shape index (κ3) is 1.54. The Kier molecular flexibility index (Phi) is 2.39. The zero-order valence-electron chi connectivity index (χ0n) is 5.04. The monoisotopic (exact) mass is 332 g/mol. The van der Waals surface area contributed by atoms with E-state index in [0.717, 1.165) is 3.27 Å². The maximum atomic E-state index is 10.4. The molecule has 1 aromatic carbocycles. The Balaban J connectivity index is 3.15. The summed E-state index contributed by atoms with van der Waals surface area (Å²) < 4.78 is 0.856. The van der Waals surface area contributed by atoms with Gasteiger partial charge in [-0.3, -0.25) is 0 Å². The van der Waals surface area contributed by atoms with Gasteiger partial charge < -0.3 is 0 Å². The number of carboxylic acids is 1. The number of rotatable bonds is 1. The molecular formula is C7H5AtO2. The normalized spacial score (nSPS) is 9.30. The topological polar surface area (TPSA) is 37.3 Å². The van der Waals surface area contributed by atoms with Crippen molar-refractivity contribution in [1.82, 2.24) is 0 Å². The summed E-state index contributed by atoms with van der Waals surface area (Å²) in [6.07, 6.45) is 0. The summed E-state index contributed by atoms with van der Waals surface area (Å²) in [5, 5.41) is 8.57. The molecular weight excluding hydrogens is 327 g/mol. The Morgan fingerprint density at radius 2 is 2.00 bits per heavy atom. The number of carbonyl (C=O) groups is 1. The Morgan fingerprint density at radius 1 is 1.40 bits per heavy atom. The number of benzene rings is 1. The van der Waals surface area contributed by atoms with Crippen LogP contribution >= 0.6 is 0 Å². The van der Waals surface area contributed by atoms with Crippen LogP contribution in [0, 0.1) is 24.7 Å². The van der Waals surface area contributed by atoms with Gasteiger partial charge in [-0.15, -0.1) is 0 Å². The molecule has 0 aromatic heterocycles. The van der Waals surface area contributed by atoms with Gasteiger partial charge in [0.15, 0.2) is 0 Å². The first kappa shape index (κ1) is 7.68. The summed E-state index contributed by atoms with van der Waals surface area (Å²) in [5.74, 6) is -0.849. The van der Waals surface area contributed by atoms with E-state index in [-0.39, 0.29) is 0 Å². The molecule has 10 heavy (non-hydrogen) atoms. The van der Waals surface area contributed by atoms with Crippen molar-refractivity contribution in [2.45, 2.75) is 0 Å². The fourth-order valence-corrected chi connectivity index (χ4v) is 1.48. The molecule has 0 heterocycles. The van der Waals surface area contributed by atoms with Crippen molar-refractivity contribution in [2.24, 2.45) is 0 Å². The summed E-state index contributed by atoms with van der Waals surface area (Å²) >= 11 is 1.39. The third-order valence-corrected chi connectivity index (χ3v) is 2.39. The van der Waals surface area contributed by atoms with E-state index in [0.29, 0.717) is 5.56 Å². The molecule has 0 aliphatic rings. The summed E-state index contributed by atoms with van der Waals surface area (Å²) in [4.78, 5) is 10.4. The van der Waals surface area contributed by atoms with E-state index >= 15 is 0 Å². The molecule has 0 aliphatic heterocycles. The first-order chi connectivity index (χ1) is 4.72. The van der Waals surface area contributed by atoms with Crippen LogP contribution in [0.1, 0.15) is 10.4 Å². The van der Waals surface area contributed by atoms with Crippen LogP contribution in [0.25, 0.3) is 0 Å². The Bertz CT molecular complexity index is 258. The molecule has 0 bridgehead atoms. The number of carboxylic acid groups (broad SMARTS) is 1. The van der Waals surface area contributed by atoms with E-state index < -0.39 is 5.97 Å². The maximum absolute atomic E-state index is 10.4. The summed E-state index contributed by atoms with van der Waals surface area (Å²) in [5.41, 5.74) is 0.402. The minimum atomic E-state index is -0.849. The third-order valence-electron chi connectivity index (χ3n) is 1.10. The van der Waals surface area contributed by atoms with Gasteiger partial charge in [-0.25, -0.2) is 0 Å². The molecule has 0 aliphatic carbocycles. The van der Waals surface area contributed by atoms with Crippen LogP contribution < -0.4 is 3.27 Å². The van der Waals surface area contributed by atoms with E-state index in [1.165, 1.54) is 24.7 Å². The van der Waals surface area contributed by atoms with E-state index in [2.05, 4.69) is 0 Å². The van der Waals surface area contributed by atoms with E-state index in [1.54, 1.807) is 18.2 Å². The van der Waals surface area contributed by atoms with Crippen molar-refractivity contribution in [1.29, 1.82) is 0 Å². The molecule has 0 fully saturated rings. The van der Waals surface area contributed by atoms with Crippen molar-refractivity contribution < 1.29 is 34.6 Å². The van der Waals surface area contributed by atoms with Gasteiger partial charge in [0.1, 0.15) is 0 Å². The van der Waals surface area contributed by atoms with Crippen LogP contribution in [0.2, 0.25) is 0 Å². The average molecular weight is 332 g/mol. The first-order valence-corrected chi connectivity index (χ1v) is 4.16. The molecule has 0 amide bonds. The Morgan fingerprint density at radius 3 is 2.40 bits per heavy atom. The van der Waals surface area contributed by atoms with Crippen molar-refractivity contribution in [2.75, 3.05) is 0 Å². The van der Waals surface area contributed by atoms with Gasteiger partial charge in [0.25, 0.3) is 0 Å². The molecule has 2 nitrogen and oxygen atoms in total. The molecule has 0 radical (unpaired) electrons. The molecule has 1 N–H and O–H groups in total. The summed E-state index contributed by atoms with van der Waals surface area (Å²) in [7, 11) is 0. The van der Waals surface area contributed by atoms with Crippen LogP contribution in [-0.4, -0.2) is 11.1 Å². The molecule has 0 atom stereocenters. The second-order valence-electron chi connectivity index (χ2n) is 1.78. The Labute approximate surface area is 73.7 Å². The van der Waals surface area contributed by atoms with Gasteiger partial charge in [-0.2, -0.15) is 0 Å². The van der Waals surface area contributed by atoms with Crippen LogP contribution in [0.3, 0.4) is 0 Å². The predicted octanol–water partition coefficient (Wildman–Crippen LogP) is 0.559. The van der Waals surface area contributed by atoms with E-state index in [9.17, 15) is 4.79 Å². The van der Waals surface area contributed by atoms with Crippen molar-refractivity contribution >= 4 is 9.24 Å². The molecule has 0 spiro atoms. The standard InChI is InChI=1S/C7H5AtO2/c8-6-4-2-1-3-5(6)7(9)10/h1-4H,(H,9,10)/i8+1. The summed E-state index contributed by atoms with van der Waals surface area (Å²) in [6, 6.07) is 6.98. The zero-order chi connectivity index (χ0) is 7.56. The van der Waals surface area contributed by atoms with Gasteiger partial charge in [0.2, 0.25) is 0 Å².